The third-order valence-electron chi connectivity index (χ3n) is 10.2. The Balaban J connectivity index is 4.23. The minimum absolute atomic E-state index is 0.0495. The number of rotatable bonds is 29. The number of ketones is 1. The number of carbonyl (C=O) groups is 2. The molecule has 0 aromatic rings. The summed E-state index contributed by atoms with van der Waals surface area (Å²) in [6.45, 7) is 22.9. The monoisotopic (exact) mass is 607 g/mol. The summed E-state index contributed by atoms with van der Waals surface area (Å²) in [6, 6.07) is 0. The van der Waals surface area contributed by atoms with E-state index >= 15 is 0 Å². The fourth-order valence-electron chi connectivity index (χ4n) is 7.00. The molecule has 0 aliphatic heterocycles. The molecule has 7 unspecified atom stereocenters. The molecule has 0 bridgehead atoms. The fourth-order valence-corrected chi connectivity index (χ4v) is 7.00. The lowest BCUT2D eigenvalue weighted by atomic mass is 9.81. The van der Waals surface area contributed by atoms with Gasteiger partial charge in [-0.2, -0.15) is 0 Å². The lowest BCUT2D eigenvalue weighted by Crippen LogP contribution is -2.31. The van der Waals surface area contributed by atoms with Gasteiger partial charge in [-0.3, -0.25) is 9.59 Å². The maximum absolute atomic E-state index is 13.1. The smallest absolute Gasteiger partial charge is 0.314 e. The van der Waals surface area contributed by atoms with Crippen molar-refractivity contribution >= 4 is 11.8 Å². The highest BCUT2D eigenvalue weighted by Gasteiger charge is 2.32. The van der Waals surface area contributed by atoms with Crippen molar-refractivity contribution in [3.63, 3.8) is 0 Å². The van der Waals surface area contributed by atoms with E-state index in [2.05, 4.69) is 62.3 Å². The summed E-state index contributed by atoms with van der Waals surface area (Å²) in [5, 5.41) is 9.92. The van der Waals surface area contributed by atoms with Crippen molar-refractivity contribution in [2.75, 3.05) is 0 Å². The van der Waals surface area contributed by atoms with Crippen LogP contribution in [0.3, 0.4) is 0 Å². The van der Waals surface area contributed by atoms with Crippen molar-refractivity contribution in [2.24, 2.45) is 53.3 Å². The van der Waals surface area contributed by atoms with Gasteiger partial charge in [0.05, 0.1) is 0 Å². The second kappa shape index (κ2) is 25.3. The van der Waals surface area contributed by atoms with E-state index in [9.17, 15) is 14.7 Å². The SMILES string of the molecule is CC(C)CCCC(C)CCCC(C)CCCC(C)CC(=O)C(C(=O)O)C(C)CCCC(C)CCCC(C)CCCC(C)C. The maximum atomic E-state index is 13.1. The number of aliphatic carboxylic acids is 1. The second-order valence-electron chi connectivity index (χ2n) is 16.4. The molecule has 0 spiro atoms. The van der Waals surface area contributed by atoms with Crippen LogP contribution in [-0.2, 0) is 9.59 Å². The van der Waals surface area contributed by atoms with Crippen LogP contribution in [0.1, 0.15) is 191 Å². The van der Waals surface area contributed by atoms with Crippen LogP contribution in [0, 0.1) is 53.3 Å². The fraction of sp³-hybridized carbons (Fsp3) is 0.950. The van der Waals surface area contributed by atoms with Crippen molar-refractivity contribution in [3.8, 4) is 0 Å². The van der Waals surface area contributed by atoms with Gasteiger partial charge in [0.2, 0.25) is 0 Å². The molecular formula is C40H78O3. The zero-order valence-electron chi connectivity index (χ0n) is 30.9. The Labute approximate surface area is 270 Å². The minimum Gasteiger partial charge on any atom is -0.481 e. The summed E-state index contributed by atoms with van der Waals surface area (Å²) in [5.41, 5.74) is 0. The van der Waals surface area contributed by atoms with Gasteiger partial charge in [-0.05, 0) is 53.8 Å². The Morgan fingerprint density at radius 3 is 1.00 bits per heavy atom. The van der Waals surface area contributed by atoms with Crippen molar-refractivity contribution in [1.29, 1.82) is 0 Å². The van der Waals surface area contributed by atoms with Gasteiger partial charge in [0.15, 0.2) is 0 Å². The van der Waals surface area contributed by atoms with Gasteiger partial charge in [0.1, 0.15) is 11.7 Å². The first-order valence-electron chi connectivity index (χ1n) is 19.0. The molecular weight excluding hydrogens is 528 g/mol. The van der Waals surface area contributed by atoms with Gasteiger partial charge in [0.25, 0.3) is 0 Å². The van der Waals surface area contributed by atoms with E-state index in [1.54, 1.807) is 0 Å². The molecule has 0 amide bonds. The third kappa shape index (κ3) is 24.1. The van der Waals surface area contributed by atoms with Gasteiger partial charge in [0, 0.05) is 6.42 Å². The predicted molar refractivity (Wildman–Crippen MR) is 189 cm³/mol. The Morgan fingerprint density at radius 2 is 0.698 bits per heavy atom. The Kier molecular flexibility index (Phi) is 24.8. The van der Waals surface area contributed by atoms with Gasteiger partial charge in [-0.25, -0.2) is 0 Å². The molecule has 0 radical (unpaired) electrons. The van der Waals surface area contributed by atoms with Gasteiger partial charge in [-0.1, -0.05) is 178 Å². The van der Waals surface area contributed by atoms with Crippen LogP contribution < -0.4 is 0 Å². The van der Waals surface area contributed by atoms with Crippen LogP contribution in [0.2, 0.25) is 0 Å². The summed E-state index contributed by atoms with van der Waals surface area (Å²) in [4.78, 5) is 25.2. The summed E-state index contributed by atoms with van der Waals surface area (Å²) < 4.78 is 0. The van der Waals surface area contributed by atoms with E-state index < -0.39 is 11.9 Å². The van der Waals surface area contributed by atoms with Gasteiger partial charge < -0.3 is 5.11 Å². The third-order valence-corrected chi connectivity index (χ3v) is 10.2. The summed E-state index contributed by atoms with van der Waals surface area (Å²) in [7, 11) is 0. The average Bonchev–Trinajstić information content (AvgIpc) is 2.88. The zero-order chi connectivity index (χ0) is 32.8. The molecule has 0 saturated heterocycles. The number of carboxylic acid groups (broad SMARTS) is 1. The molecule has 0 aromatic carbocycles. The lowest BCUT2D eigenvalue weighted by molar-refractivity contribution is -0.148. The number of hydrogen-bond donors (Lipinski definition) is 1. The van der Waals surface area contributed by atoms with Crippen LogP contribution in [0.5, 0.6) is 0 Å². The number of hydrogen-bond acceptors (Lipinski definition) is 2. The molecule has 3 heteroatoms. The first-order valence-corrected chi connectivity index (χ1v) is 19.0. The molecule has 0 aliphatic rings. The van der Waals surface area contributed by atoms with Crippen LogP contribution in [0.25, 0.3) is 0 Å². The molecule has 0 heterocycles. The minimum atomic E-state index is -0.920. The van der Waals surface area contributed by atoms with E-state index in [1.807, 2.05) is 6.92 Å². The van der Waals surface area contributed by atoms with E-state index in [0.29, 0.717) is 12.3 Å². The predicted octanol–water partition coefficient (Wildman–Crippen LogP) is 12.8. The van der Waals surface area contributed by atoms with Crippen LogP contribution in [0.15, 0.2) is 0 Å². The first-order chi connectivity index (χ1) is 20.2. The van der Waals surface area contributed by atoms with E-state index in [4.69, 9.17) is 0 Å². The Hall–Kier alpha value is -0.860. The van der Waals surface area contributed by atoms with E-state index in [0.717, 1.165) is 61.7 Å². The Bertz CT molecular complexity index is 683. The van der Waals surface area contributed by atoms with Crippen molar-refractivity contribution in [2.45, 2.75) is 191 Å². The zero-order valence-corrected chi connectivity index (χ0v) is 30.9. The van der Waals surface area contributed by atoms with Crippen molar-refractivity contribution in [3.05, 3.63) is 0 Å². The highest BCUT2D eigenvalue weighted by atomic mass is 16.4. The molecule has 0 aliphatic carbocycles. The largest absolute Gasteiger partial charge is 0.481 e. The van der Waals surface area contributed by atoms with Crippen molar-refractivity contribution in [1.82, 2.24) is 0 Å². The topological polar surface area (TPSA) is 54.4 Å². The van der Waals surface area contributed by atoms with Gasteiger partial charge in [-0.15, -0.1) is 0 Å². The van der Waals surface area contributed by atoms with Crippen LogP contribution >= 0.6 is 0 Å². The lowest BCUT2D eigenvalue weighted by Gasteiger charge is -2.22. The van der Waals surface area contributed by atoms with Crippen LogP contribution in [-0.4, -0.2) is 16.9 Å². The Morgan fingerprint density at radius 1 is 0.419 bits per heavy atom. The quantitative estimate of drug-likeness (QED) is 0.0862. The number of Topliss-reactive ketones (excluding diaryl/α,β-unsaturated/α-hetero) is 1. The number of carbonyl (C=O) groups excluding carboxylic acids is 1. The molecule has 0 saturated carbocycles. The highest BCUT2D eigenvalue weighted by molar-refractivity contribution is 5.98. The van der Waals surface area contributed by atoms with Gasteiger partial charge >= 0.3 is 5.97 Å². The summed E-state index contributed by atoms with van der Waals surface area (Å²) in [5.74, 6) is 3.07. The first kappa shape index (κ1) is 42.1. The summed E-state index contributed by atoms with van der Waals surface area (Å²) in [6.07, 6.45) is 22.8. The molecule has 0 fully saturated rings. The van der Waals surface area contributed by atoms with Crippen LogP contribution in [0.4, 0.5) is 0 Å². The summed E-state index contributed by atoms with van der Waals surface area (Å²) >= 11 is 0. The number of carboxylic acids is 1. The standard InChI is InChI=1S/C40H78O3/c1-30(2)17-11-19-32(5)21-13-23-34(7)25-15-27-36(9)29-38(41)39(40(42)43)37(10)28-16-26-35(8)24-14-22-33(6)20-12-18-31(3)4/h30-37,39H,11-29H2,1-10H3,(H,42,43). The molecule has 3 nitrogen and oxygen atoms in total. The molecule has 7 atom stereocenters. The normalized spacial score (nSPS) is 17.0. The molecule has 1 N–H and O–H groups in total. The molecule has 256 valence electrons. The van der Waals surface area contributed by atoms with E-state index in [1.165, 1.54) is 83.5 Å². The average molecular weight is 607 g/mol. The van der Waals surface area contributed by atoms with Crippen molar-refractivity contribution < 1.29 is 14.7 Å². The molecule has 43 heavy (non-hydrogen) atoms. The second-order valence-corrected chi connectivity index (χ2v) is 16.4. The van der Waals surface area contributed by atoms with E-state index in [-0.39, 0.29) is 17.6 Å². The molecule has 0 aromatic heterocycles. The molecule has 0 rings (SSSR count). The maximum Gasteiger partial charge on any atom is 0.314 e. The highest BCUT2D eigenvalue weighted by Crippen LogP contribution is 2.28.